The number of carbonyl (C=O) groups excluding carboxylic acids is 2. The third-order valence-corrected chi connectivity index (χ3v) is 7.52. The molecule has 244 valence electrons. The largest absolute Gasteiger partial charge is 0.481 e. The Hall–Kier alpha value is -1.59. The monoisotopic (exact) mass is 584 g/mol. The number of amides is 1. The fraction of sp³-hybridized carbons (Fsp3) is 0.914. The minimum absolute atomic E-state index is 0.156. The third-order valence-electron chi connectivity index (χ3n) is 7.52. The molecule has 0 aromatic rings. The Labute approximate surface area is 254 Å². The highest BCUT2D eigenvalue weighted by Gasteiger charge is 2.07. The molecular formula is C35H69NO5. The maximum Gasteiger partial charge on any atom is 0.302 e. The Morgan fingerprint density at radius 3 is 1.29 bits per heavy atom. The van der Waals surface area contributed by atoms with Crippen molar-refractivity contribution in [3.63, 3.8) is 0 Å². The Morgan fingerprint density at radius 1 is 0.610 bits per heavy atom. The standard InChI is InChI=1S/C33H65NO3.C2H4O2/c1-4-5-6-7-8-9-10-11-12-13-14-15-16-17-18-19-20-21-22-23-24-25-29-34-33(36)28-26-27-31(2)30-37-32(3)35;1-2(3)4/h31H,4-30H2,1-3H3,(H,34,36);1H3,(H,3,4)/t31-;/m0./s1. The van der Waals surface area contributed by atoms with Gasteiger partial charge in [-0.2, -0.15) is 0 Å². The van der Waals surface area contributed by atoms with E-state index in [0.29, 0.717) is 18.9 Å². The van der Waals surface area contributed by atoms with E-state index in [1.54, 1.807) is 0 Å². The van der Waals surface area contributed by atoms with Crippen molar-refractivity contribution in [1.82, 2.24) is 5.32 Å². The molecule has 0 aromatic carbocycles. The summed E-state index contributed by atoms with van der Waals surface area (Å²) in [5.41, 5.74) is 0. The van der Waals surface area contributed by atoms with Gasteiger partial charge in [-0.3, -0.25) is 14.4 Å². The molecule has 41 heavy (non-hydrogen) atoms. The minimum Gasteiger partial charge on any atom is -0.481 e. The summed E-state index contributed by atoms with van der Waals surface area (Å²) in [5.74, 6) is -0.594. The van der Waals surface area contributed by atoms with Crippen LogP contribution in [0.15, 0.2) is 0 Å². The number of carbonyl (C=O) groups is 3. The van der Waals surface area contributed by atoms with E-state index in [9.17, 15) is 9.59 Å². The highest BCUT2D eigenvalue weighted by Crippen LogP contribution is 2.15. The number of unbranched alkanes of at least 4 members (excludes halogenated alkanes) is 21. The van der Waals surface area contributed by atoms with Crippen LogP contribution in [-0.2, 0) is 19.1 Å². The molecule has 0 aliphatic heterocycles. The lowest BCUT2D eigenvalue weighted by atomic mass is 10.0. The second kappa shape index (κ2) is 34.6. The lowest BCUT2D eigenvalue weighted by Crippen LogP contribution is -2.24. The first-order valence-corrected chi connectivity index (χ1v) is 17.4. The summed E-state index contributed by atoms with van der Waals surface area (Å²) < 4.78 is 5.00. The molecule has 6 nitrogen and oxygen atoms in total. The summed E-state index contributed by atoms with van der Waals surface area (Å²) >= 11 is 0. The molecule has 0 bridgehead atoms. The van der Waals surface area contributed by atoms with Crippen LogP contribution in [0.25, 0.3) is 0 Å². The molecule has 0 rings (SSSR count). The van der Waals surface area contributed by atoms with Crippen molar-refractivity contribution in [2.75, 3.05) is 13.2 Å². The first kappa shape index (κ1) is 41.5. The lowest BCUT2D eigenvalue weighted by molar-refractivity contribution is -0.142. The van der Waals surface area contributed by atoms with Crippen molar-refractivity contribution in [2.45, 2.75) is 188 Å². The molecule has 0 aromatic heterocycles. The van der Waals surface area contributed by atoms with E-state index >= 15 is 0 Å². The second-order valence-corrected chi connectivity index (χ2v) is 12.1. The summed E-state index contributed by atoms with van der Waals surface area (Å²) in [6.07, 6.45) is 33.1. The number of ether oxygens (including phenoxy) is 1. The van der Waals surface area contributed by atoms with Gasteiger partial charge in [-0.05, 0) is 25.2 Å². The average Bonchev–Trinajstić information content (AvgIpc) is 2.92. The summed E-state index contributed by atoms with van der Waals surface area (Å²) in [4.78, 5) is 31.7. The maximum atomic E-state index is 11.9. The molecule has 2 N–H and O–H groups in total. The van der Waals surface area contributed by atoms with E-state index < -0.39 is 5.97 Å². The van der Waals surface area contributed by atoms with Crippen LogP contribution in [0.2, 0.25) is 0 Å². The van der Waals surface area contributed by atoms with Gasteiger partial charge in [0, 0.05) is 26.8 Å². The van der Waals surface area contributed by atoms with Gasteiger partial charge in [0.1, 0.15) is 0 Å². The molecule has 0 spiro atoms. The van der Waals surface area contributed by atoms with Crippen LogP contribution in [0.4, 0.5) is 0 Å². The minimum atomic E-state index is -0.833. The van der Waals surface area contributed by atoms with Gasteiger partial charge in [-0.25, -0.2) is 0 Å². The molecule has 0 aliphatic carbocycles. The van der Waals surface area contributed by atoms with Crippen LogP contribution in [0, 0.1) is 5.92 Å². The molecule has 0 aliphatic rings. The number of esters is 1. The topological polar surface area (TPSA) is 92.7 Å². The second-order valence-electron chi connectivity index (χ2n) is 12.1. The van der Waals surface area contributed by atoms with Crippen LogP contribution < -0.4 is 5.32 Å². The Balaban J connectivity index is 0. The fourth-order valence-electron chi connectivity index (χ4n) is 5.00. The van der Waals surface area contributed by atoms with Gasteiger partial charge in [0.05, 0.1) is 6.61 Å². The van der Waals surface area contributed by atoms with E-state index in [4.69, 9.17) is 14.6 Å². The molecular weight excluding hydrogens is 514 g/mol. The van der Waals surface area contributed by atoms with Crippen molar-refractivity contribution in [1.29, 1.82) is 0 Å². The number of carboxylic acid groups (broad SMARTS) is 1. The Bertz CT molecular complexity index is 577. The number of hydrogen-bond acceptors (Lipinski definition) is 4. The summed E-state index contributed by atoms with van der Waals surface area (Å²) in [6.45, 7) is 8.13. The lowest BCUT2D eigenvalue weighted by Gasteiger charge is -2.11. The van der Waals surface area contributed by atoms with Gasteiger partial charge in [0.25, 0.3) is 5.97 Å². The van der Waals surface area contributed by atoms with E-state index in [2.05, 4.69) is 19.2 Å². The third kappa shape index (κ3) is 43.0. The number of nitrogens with one attached hydrogen (secondary N) is 1. The van der Waals surface area contributed by atoms with Crippen molar-refractivity contribution < 1.29 is 24.2 Å². The maximum absolute atomic E-state index is 11.9. The fourth-order valence-corrected chi connectivity index (χ4v) is 5.00. The zero-order valence-corrected chi connectivity index (χ0v) is 27.7. The van der Waals surface area contributed by atoms with Crippen molar-refractivity contribution >= 4 is 17.8 Å². The molecule has 0 radical (unpaired) electrons. The highest BCUT2D eigenvalue weighted by molar-refractivity contribution is 5.75. The molecule has 0 saturated heterocycles. The predicted molar refractivity (Wildman–Crippen MR) is 173 cm³/mol. The molecule has 0 fully saturated rings. The Morgan fingerprint density at radius 2 is 0.951 bits per heavy atom. The summed E-state index contributed by atoms with van der Waals surface area (Å²) in [7, 11) is 0. The van der Waals surface area contributed by atoms with Gasteiger partial charge in [0.2, 0.25) is 5.91 Å². The molecule has 0 saturated carbocycles. The van der Waals surface area contributed by atoms with Gasteiger partial charge < -0.3 is 15.2 Å². The Kier molecular flexibility index (Phi) is 35.1. The summed E-state index contributed by atoms with van der Waals surface area (Å²) in [5, 5.41) is 10.5. The molecule has 6 heteroatoms. The van der Waals surface area contributed by atoms with Gasteiger partial charge >= 0.3 is 5.97 Å². The number of carboxylic acids is 1. The van der Waals surface area contributed by atoms with Crippen LogP contribution in [-0.4, -0.2) is 36.1 Å². The van der Waals surface area contributed by atoms with E-state index in [1.807, 2.05) is 0 Å². The molecule has 1 atom stereocenters. The molecule has 0 unspecified atom stereocenters. The van der Waals surface area contributed by atoms with Crippen molar-refractivity contribution in [3.8, 4) is 0 Å². The first-order valence-electron chi connectivity index (χ1n) is 17.4. The smallest absolute Gasteiger partial charge is 0.302 e. The number of hydrogen-bond donors (Lipinski definition) is 2. The average molecular weight is 584 g/mol. The van der Waals surface area contributed by atoms with Crippen LogP contribution in [0.1, 0.15) is 188 Å². The zero-order valence-electron chi connectivity index (χ0n) is 27.7. The van der Waals surface area contributed by atoms with Crippen LogP contribution in [0.3, 0.4) is 0 Å². The van der Waals surface area contributed by atoms with Crippen molar-refractivity contribution in [2.24, 2.45) is 5.92 Å². The van der Waals surface area contributed by atoms with E-state index in [-0.39, 0.29) is 11.9 Å². The van der Waals surface area contributed by atoms with Crippen LogP contribution in [0.5, 0.6) is 0 Å². The van der Waals surface area contributed by atoms with Crippen molar-refractivity contribution in [3.05, 3.63) is 0 Å². The number of aliphatic carboxylic acids is 1. The van der Waals surface area contributed by atoms with E-state index in [0.717, 1.165) is 32.7 Å². The van der Waals surface area contributed by atoms with Gasteiger partial charge in [-0.15, -0.1) is 0 Å². The first-order chi connectivity index (χ1) is 19.8. The normalized spacial score (nSPS) is 11.4. The molecule has 0 heterocycles. The highest BCUT2D eigenvalue weighted by atomic mass is 16.5. The van der Waals surface area contributed by atoms with Crippen LogP contribution >= 0.6 is 0 Å². The molecule has 1 amide bonds. The zero-order chi connectivity index (χ0) is 30.8. The van der Waals surface area contributed by atoms with E-state index in [1.165, 1.54) is 142 Å². The SMILES string of the molecule is CC(=O)O.CCCCCCCCCCCCCCCCCCCCCCCCNC(=O)CCC[C@H](C)COC(C)=O. The van der Waals surface area contributed by atoms with Gasteiger partial charge in [-0.1, -0.05) is 149 Å². The quantitative estimate of drug-likeness (QED) is 0.0675. The predicted octanol–water partition coefficient (Wildman–Crippen LogP) is 10.2. The van der Waals surface area contributed by atoms with Gasteiger partial charge in [0.15, 0.2) is 0 Å². The number of rotatable bonds is 29. The summed E-state index contributed by atoms with van der Waals surface area (Å²) in [6, 6.07) is 0.